The Hall–Kier alpha value is -2.22. The Morgan fingerprint density at radius 2 is 2.18 bits per heavy atom. The maximum Gasteiger partial charge on any atom is 0.321 e. The quantitative estimate of drug-likeness (QED) is 0.835. The number of methoxy groups -OCH3 is 2. The molecule has 0 radical (unpaired) electrons. The average Bonchev–Trinajstić information content (AvgIpc) is 2.35. The van der Waals surface area contributed by atoms with Crippen LogP contribution in [0.25, 0.3) is 0 Å². The molecule has 90 valence electrons. The Bertz CT molecular complexity index is 450. The van der Waals surface area contributed by atoms with Gasteiger partial charge in [0.1, 0.15) is 17.4 Å². The lowest BCUT2D eigenvalue weighted by Crippen LogP contribution is -2.14. The molecule has 1 N–H and O–H groups in total. The molecule has 0 aliphatic carbocycles. The number of hydrogen-bond donors (Lipinski definition) is 1. The Balaban J connectivity index is 2.98. The van der Waals surface area contributed by atoms with Gasteiger partial charge in [-0.25, -0.2) is 0 Å². The molecule has 0 saturated heterocycles. The summed E-state index contributed by atoms with van der Waals surface area (Å²) in [6.45, 7) is 0. The number of carboxylic acid groups (broad SMARTS) is 1. The van der Waals surface area contributed by atoms with Crippen LogP contribution >= 0.6 is 0 Å². The van der Waals surface area contributed by atoms with Crippen molar-refractivity contribution in [1.29, 1.82) is 5.26 Å². The summed E-state index contributed by atoms with van der Waals surface area (Å²) in [6, 6.07) is 6.80. The van der Waals surface area contributed by atoms with Gasteiger partial charge in [0.2, 0.25) is 0 Å². The summed E-state index contributed by atoms with van der Waals surface area (Å²) in [4.78, 5) is 10.8. The van der Waals surface area contributed by atoms with Gasteiger partial charge in [0, 0.05) is 12.5 Å². The van der Waals surface area contributed by atoms with Crippen molar-refractivity contribution in [2.45, 2.75) is 6.42 Å². The molecule has 0 fully saturated rings. The van der Waals surface area contributed by atoms with Crippen LogP contribution in [0.3, 0.4) is 0 Å². The molecule has 5 heteroatoms. The first-order valence-electron chi connectivity index (χ1n) is 4.95. The van der Waals surface area contributed by atoms with E-state index >= 15 is 0 Å². The van der Waals surface area contributed by atoms with Crippen LogP contribution < -0.4 is 9.47 Å². The molecule has 1 rings (SSSR count). The van der Waals surface area contributed by atoms with Crippen molar-refractivity contribution in [3.8, 4) is 17.6 Å². The molecular formula is C12H13NO4. The van der Waals surface area contributed by atoms with E-state index in [-0.39, 0.29) is 6.42 Å². The SMILES string of the molecule is COc1ccc(C[C@H](C#N)C(=O)O)c(OC)c1. The van der Waals surface area contributed by atoms with Crippen LogP contribution in [0.1, 0.15) is 5.56 Å². The number of carboxylic acids is 1. The molecule has 0 aliphatic heterocycles. The van der Waals surface area contributed by atoms with Gasteiger partial charge in [-0.3, -0.25) is 4.79 Å². The highest BCUT2D eigenvalue weighted by atomic mass is 16.5. The normalized spacial score (nSPS) is 11.4. The number of ether oxygens (including phenoxy) is 2. The standard InChI is InChI=1S/C12H13NO4/c1-16-10-4-3-8(11(6-10)17-2)5-9(7-13)12(14)15/h3-4,6,9H,5H2,1-2H3,(H,14,15)/t9-/m1/s1. The molecule has 17 heavy (non-hydrogen) atoms. The van der Waals surface area contributed by atoms with Gasteiger partial charge in [0.05, 0.1) is 20.3 Å². The minimum atomic E-state index is -1.13. The Morgan fingerprint density at radius 1 is 1.47 bits per heavy atom. The maximum absolute atomic E-state index is 10.8. The zero-order valence-electron chi connectivity index (χ0n) is 9.64. The Kier molecular flexibility index (Phi) is 4.35. The Labute approximate surface area is 99.2 Å². The van der Waals surface area contributed by atoms with E-state index in [4.69, 9.17) is 19.8 Å². The van der Waals surface area contributed by atoms with Gasteiger partial charge in [-0.2, -0.15) is 5.26 Å². The van der Waals surface area contributed by atoms with Crippen LogP contribution in [0.4, 0.5) is 0 Å². The minimum absolute atomic E-state index is 0.110. The van der Waals surface area contributed by atoms with Crippen molar-refractivity contribution in [2.75, 3.05) is 14.2 Å². The zero-order valence-corrected chi connectivity index (χ0v) is 9.64. The molecule has 0 heterocycles. The van der Waals surface area contributed by atoms with E-state index in [0.29, 0.717) is 17.1 Å². The van der Waals surface area contributed by atoms with Crippen LogP contribution in [0, 0.1) is 17.2 Å². The second-order valence-corrected chi connectivity index (χ2v) is 3.40. The van der Waals surface area contributed by atoms with Crippen LogP contribution in [-0.4, -0.2) is 25.3 Å². The van der Waals surface area contributed by atoms with Crippen molar-refractivity contribution < 1.29 is 19.4 Å². The molecule has 0 aliphatic rings. The molecule has 0 saturated carbocycles. The molecule has 0 amide bonds. The van der Waals surface area contributed by atoms with E-state index in [2.05, 4.69) is 0 Å². The van der Waals surface area contributed by atoms with Crippen LogP contribution in [-0.2, 0) is 11.2 Å². The zero-order chi connectivity index (χ0) is 12.8. The summed E-state index contributed by atoms with van der Waals surface area (Å²) >= 11 is 0. The number of nitrogens with zero attached hydrogens (tertiary/aromatic N) is 1. The van der Waals surface area contributed by atoms with Crippen molar-refractivity contribution in [2.24, 2.45) is 5.92 Å². The average molecular weight is 235 g/mol. The summed E-state index contributed by atoms with van der Waals surface area (Å²) in [5.74, 6) is -1.07. The molecule has 5 nitrogen and oxygen atoms in total. The van der Waals surface area contributed by atoms with E-state index in [0.717, 1.165) is 0 Å². The van der Waals surface area contributed by atoms with Gasteiger partial charge in [-0.05, 0) is 11.6 Å². The topological polar surface area (TPSA) is 79.5 Å². The predicted molar refractivity (Wildman–Crippen MR) is 60.0 cm³/mol. The molecule has 0 bridgehead atoms. The third-order valence-electron chi connectivity index (χ3n) is 2.37. The highest BCUT2D eigenvalue weighted by Gasteiger charge is 2.19. The van der Waals surface area contributed by atoms with E-state index in [9.17, 15) is 4.79 Å². The van der Waals surface area contributed by atoms with Gasteiger partial charge >= 0.3 is 5.97 Å². The first-order chi connectivity index (χ1) is 8.12. The van der Waals surface area contributed by atoms with Gasteiger partial charge in [0.15, 0.2) is 0 Å². The van der Waals surface area contributed by atoms with Gasteiger partial charge < -0.3 is 14.6 Å². The second kappa shape index (κ2) is 5.75. The first kappa shape index (κ1) is 12.8. The van der Waals surface area contributed by atoms with Gasteiger partial charge in [-0.15, -0.1) is 0 Å². The summed E-state index contributed by atoms with van der Waals surface area (Å²) in [6.07, 6.45) is 0.110. The predicted octanol–water partition coefficient (Wildman–Crippen LogP) is 1.47. The lowest BCUT2D eigenvalue weighted by Gasteiger charge is -2.11. The van der Waals surface area contributed by atoms with Crippen molar-refractivity contribution in [1.82, 2.24) is 0 Å². The monoisotopic (exact) mass is 235 g/mol. The summed E-state index contributed by atoms with van der Waals surface area (Å²) in [7, 11) is 3.02. The second-order valence-electron chi connectivity index (χ2n) is 3.40. The Morgan fingerprint density at radius 3 is 2.65 bits per heavy atom. The minimum Gasteiger partial charge on any atom is -0.497 e. The third kappa shape index (κ3) is 3.11. The maximum atomic E-state index is 10.8. The number of hydrogen-bond acceptors (Lipinski definition) is 4. The van der Waals surface area contributed by atoms with Crippen LogP contribution in [0.2, 0.25) is 0 Å². The third-order valence-corrected chi connectivity index (χ3v) is 2.37. The molecule has 1 atom stereocenters. The molecular weight excluding hydrogens is 222 g/mol. The van der Waals surface area contributed by atoms with E-state index in [1.165, 1.54) is 14.2 Å². The fourth-order valence-electron chi connectivity index (χ4n) is 1.43. The highest BCUT2D eigenvalue weighted by Crippen LogP contribution is 2.26. The lowest BCUT2D eigenvalue weighted by molar-refractivity contribution is -0.139. The summed E-state index contributed by atoms with van der Waals surface area (Å²) < 4.78 is 10.2. The van der Waals surface area contributed by atoms with E-state index in [1.54, 1.807) is 24.3 Å². The molecule has 1 aromatic rings. The smallest absolute Gasteiger partial charge is 0.321 e. The molecule has 0 spiro atoms. The van der Waals surface area contributed by atoms with Crippen molar-refractivity contribution in [3.05, 3.63) is 23.8 Å². The van der Waals surface area contributed by atoms with Crippen molar-refractivity contribution >= 4 is 5.97 Å². The molecule has 0 aromatic heterocycles. The fraction of sp³-hybridized carbons (Fsp3) is 0.333. The van der Waals surface area contributed by atoms with Gasteiger partial charge in [0.25, 0.3) is 0 Å². The number of nitriles is 1. The number of carbonyl (C=O) groups is 1. The molecule has 1 aromatic carbocycles. The van der Waals surface area contributed by atoms with Gasteiger partial charge in [-0.1, -0.05) is 6.07 Å². The number of rotatable bonds is 5. The van der Waals surface area contributed by atoms with E-state index < -0.39 is 11.9 Å². The van der Waals surface area contributed by atoms with Crippen molar-refractivity contribution in [3.63, 3.8) is 0 Å². The summed E-state index contributed by atoms with van der Waals surface area (Å²) in [5, 5.41) is 17.5. The van der Waals surface area contributed by atoms with Crippen LogP contribution in [0.5, 0.6) is 11.5 Å². The largest absolute Gasteiger partial charge is 0.497 e. The summed E-state index contributed by atoms with van der Waals surface area (Å²) in [5.41, 5.74) is 0.669. The lowest BCUT2D eigenvalue weighted by atomic mass is 10.00. The number of aliphatic carboxylic acids is 1. The first-order valence-corrected chi connectivity index (χ1v) is 4.95. The molecule has 0 unspecified atom stereocenters. The highest BCUT2D eigenvalue weighted by molar-refractivity contribution is 5.73. The fourth-order valence-corrected chi connectivity index (χ4v) is 1.43. The number of benzene rings is 1. The van der Waals surface area contributed by atoms with E-state index in [1.807, 2.05) is 0 Å². The van der Waals surface area contributed by atoms with Crippen LogP contribution in [0.15, 0.2) is 18.2 Å².